The Labute approximate surface area is 219 Å². The van der Waals surface area contributed by atoms with Crippen molar-refractivity contribution in [2.75, 3.05) is 27.6 Å². The zero-order valence-corrected chi connectivity index (χ0v) is 21.2. The Kier molecular flexibility index (Phi) is 9.15. The van der Waals surface area contributed by atoms with E-state index in [0.717, 1.165) is 50.9 Å². The molecule has 194 valence electrons. The highest BCUT2D eigenvalue weighted by Gasteiger charge is 2.20. The van der Waals surface area contributed by atoms with Crippen LogP contribution >= 0.6 is 0 Å². The quantitative estimate of drug-likeness (QED) is 0.166. The number of hydrogen-bond donors (Lipinski definition) is 0. The summed E-state index contributed by atoms with van der Waals surface area (Å²) in [7, 11) is 3.22. The molecule has 3 aromatic carbocycles. The molecule has 0 radical (unpaired) electrons. The van der Waals surface area contributed by atoms with Gasteiger partial charge in [-0.15, -0.1) is 0 Å². The summed E-state index contributed by atoms with van der Waals surface area (Å²) in [6, 6.07) is 17.7. The number of ether oxygens (including phenoxy) is 4. The standard InChI is InChI=1S/C30H31NO5.CH4/c1-6-20(3)25-17-31(22-13-14-24(30(32)35-7-2)28(16-22)36-19-33-4)18-26(25)29-23-11-9-8-10-21(23)12-15-27(29)34-5;/h8-18H,3,6-7,19H2,1-2,4-5H3;1H4. The number of allylic oxidation sites excluding steroid dienone is 1. The lowest BCUT2D eigenvalue weighted by atomic mass is 9.93. The molecule has 0 saturated heterocycles. The molecule has 1 heterocycles. The molecule has 0 saturated carbocycles. The molecule has 0 aliphatic rings. The van der Waals surface area contributed by atoms with E-state index in [0.29, 0.717) is 11.3 Å². The van der Waals surface area contributed by atoms with E-state index in [9.17, 15) is 4.79 Å². The molecule has 0 bridgehead atoms. The van der Waals surface area contributed by atoms with Crippen LogP contribution in [0.15, 0.2) is 73.6 Å². The fourth-order valence-electron chi connectivity index (χ4n) is 4.27. The highest BCUT2D eigenvalue weighted by molar-refractivity contribution is 6.02. The average molecular weight is 502 g/mol. The van der Waals surface area contributed by atoms with E-state index >= 15 is 0 Å². The van der Waals surface area contributed by atoms with Crippen molar-refractivity contribution >= 4 is 22.3 Å². The fourth-order valence-corrected chi connectivity index (χ4v) is 4.27. The highest BCUT2D eigenvalue weighted by atomic mass is 16.7. The number of benzene rings is 3. The number of rotatable bonds is 10. The van der Waals surface area contributed by atoms with Gasteiger partial charge in [0.2, 0.25) is 0 Å². The molecule has 37 heavy (non-hydrogen) atoms. The van der Waals surface area contributed by atoms with E-state index < -0.39 is 5.97 Å². The first-order valence-electron chi connectivity index (χ1n) is 11.9. The Hall–Kier alpha value is -4.03. The maximum atomic E-state index is 12.5. The van der Waals surface area contributed by atoms with Gasteiger partial charge < -0.3 is 23.5 Å². The van der Waals surface area contributed by atoms with Crippen molar-refractivity contribution in [2.24, 2.45) is 0 Å². The van der Waals surface area contributed by atoms with Gasteiger partial charge in [0.25, 0.3) is 0 Å². The van der Waals surface area contributed by atoms with Gasteiger partial charge in [-0.05, 0) is 47.9 Å². The van der Waals surface area contributed by atoms with Crippen LogP contribution in [-0.4, -0.2) is 38.2 Å². The van der Waals surface area contributed by atoms with Crippen LogP contribution in [0.2, 0.25) is 0 Å². The molecule has 0 aliphatic heterocycles. The highest BCUT2D eigenvalue weighted by Crippen LogP contribution is 2.42. The fraction of sp³-hybridized carbons (Fsp3) is 0.258. The normalized spacial score (nSPS) is 10.6. The van der Waals surface area contributed by atoms with Gasteiger partial charge in [-0.2, -0.15) is 0 Å². The van der Waals surface area contributed by atoms with Gasteiger partial charge in [-0.1, -0.05) is 51.3 Å². The maximum Gasteiger partial charge on any atom is 0.341 e. The monoisotopic (exact) mass is 501 g/mol. The van der Waals surface area contributed by atoms with E-state index in [1.807, 2.05) is 34.9 Å². The Morgan fingerprint density at radius 3 is 2.43 bits per heavy atom. The second-order valence-electron chi connectivity index (χ2n) is 8.27. The predicted octanol–water partition coefficient (Wildman–Crippen LogP) is 7.52. The smallest absolute Gasteiger partial charge is 0.341 e. The van der Waals surface area contributed by atoms with E-state index in [1.165, 1.54) is 7.11 Å². The molecule has 0 unspecified atom stereocenters. The molecule has 0 fully saturated rings. The van der Waals surface area contributed by atoms with Gasteiger partial charge in [-0.25, -0.2) is 4.79 Å². The molecular weight excluding hydrogens is 466 g/mol. The van der Waals surface area contributed by atoms with Crippen LogP contribution in [-0.2, 0) is 9.47 Å². The third-order valence-electron chi connectivity index (χ3n) is 6.11. The SMILES string of the molecule is C.C=C(CC)c1cn(-c2ccc(C(=O)OCC)c(OCOC)c2)cc1-c1c(OC)ccc2ccccc12. The first-order chi connectivity index (χ1) is 17.5. The van der Waals surface area contributed by atoms with Crippen LogP contribution in [0, 0.1) is 0 Å². The van der Waals surface area contributed by atoms with Crippen LogP contribution in [0.5, 0.6) is 11.5 Å². The lowest BCUT2D eigenvalue weighted by molar-refractivity contribution is 0.0438. The van der Waals surface area contributed by atoms with Crippen molar-refractivity contribution in [1.82, 2.24) is 4.57 Å². The Morgan fingerprint density at radius 2 is 1.73 bits per heavy atom. The van der Waals surface area contributed by atoms with Gasteiger partial charge in [0.15, 0.2) is 6.79 Å². The van der Waals surface area contributed by atoms with E-state index in [4.69, 9.17) is 18.9 Å². The maximum absolute atomic E-state index is 12.5. The van der Waals surface area contributed by atoms with Crippen LogP contribution in [0.25, 0.3) is 33.2 Å². The molecule has 6 nitrogen and oxygen atoms in total. The molecule has 4 aromatic rings. The molecule has 6 heteroatoms. The molecule has 0 aliphatic carbocycles. The molecule has 0 amide bonds. The summed E-state index contributed by atoms with van der Waals surface area (Å²) in [5.74, 6) is 0.740. The third-order valence-corrected chi connectivity index (χ3v) is 6.11. The van der Waals surface area contributed by atoms with Gasteiger partial charge in [0.1, 0.15) is 17.1 Å². The lowest BCUT2D eigenvalue weighted by Gasteiger charge is -2.14. The van der Waals surface area contributed by atoms with Crippen molar-refractivity contribution in [3.05, 3.63) is 84.7 Å². The van der Waals surface area contributed by atoms with Crippen LogP contribution in [0.1, 0.15) is 43.6 Å². The van der Waals surface area contributed by atoms with Crippen molar-refractivity contribution in [1.29, 1.82) is 0 Å². The summed E-state index contributed by atoms with van der Waals surface area (Å²) in [5.41, 5.74) is 5.24. The number of hydrogen-bond acceptors (Lipinski definition) is 5. The largest absolute Gasteiger partial charge is 0.496 e. The molecule has 0 N–H and O–H groups in total. The minimum Gasteiger partial charge on any atom is -0.496 e. The van der Waals surface area contributed by atoms with Crippen molar-refractivity contribution in [2.45, 2.75) is 27.7 Å². The van der Waals surface area contributed by atoms with Crippen molar-refractivity contribution in [3.63, 3.8) is 0 Å². The summed E-state index contributed by atoms with van der Waals surface area (Å²) < 4.78 is 23.8. The van der Waals surface area contributed by atoms with Crippen LogP contribution in [0.4, 0.5) is 0 Å². The molecule has 0 atom stereocenters. The first kappa shape index (κ1) is 27.6. The minimum absolute atomic E-state index is 0. The second kappa shape index (κ2) is 12.3. The molecular formula is C31H35NO5. The summed E-state index contributed by atoms with van der Waals surface area (Å²) in [6.45, 7) is 8.48. The Morgan fingerprint density at radius 1 is 0.946 bits per heavy atom. The third kappa shape index (κ3) is 5.54. The van der Waals surface area contributed by atoms with E-state index in [1.54, 1.807) is 20.1 Å². The molecule has 1 aromatic heterocycles. The Balaban J connectivity index is 0.00000380. The zero-order chi connectivity index (χ0) is 25.7. The van der Waals surface area contributed by atoms with Crippen LogP contribution in [0.3, 0.4) is 0 Å². The number of methoxy groups -OCH3 is 2. The van der Waals surface area contributed by atoms with Gasteiger partial charge in [0.05, 0.1) is 13.7 Å². The van der Waals surface area contributed by atoms with Gasteiger partial charge >= 0.3 is 5.97 Å². The number of fused-ring (bicyclic) bond motifs is 1. The average Bonchev–Trinajstić information content (AvgIpc) is 3.35. The van der Waals surface area contributed by atoms with Crippen LogP contribution < -0.4 is 9.47 Å². The number of esters is 1. The lowest BCUT2D eigenvalue weighted by Crippen LogP contribution is -2.10. The summed E-state index contributed by atoms with van der Waals surface area (Å²) in [4.78, 5) is 12.5. The van der Waals surface area contributed by atoms with Gasteiger partial charge in [0, 0.05) is 47.9 Å². The topological polar surface area (TPSA) is 58.9 Å². The number of carbonyl (C=O) groups is 1. The molecule has 4 rings (SSSR count). The number of nitrogens with zero attached hydrogens (tertiary/aromatic N) is 1. The zero-order valence-electron chi connectivity index (χ0n) is 21.2. The molecule has 0 spiro atoms. The summed E-state index contributed by atoms with van der Waals surface area (Å²) >= 11 is 0. The number of carbonyl (C=O) groups excluding carboxylic acids is 1. The Bertz CT molecular complexity index is 1400. The number of aromatic nitrogens is 1. The summed E-state index contributed by atoms with van der Waals surface area (Å²) in [6.07, 6.45) is 4.93. The predicted molar refractivity (Wildman–Crippen MR) is 150 cm³/mol. The second-order valence-corrected chi connectivity index (χ2v) is 8.27. The first-order valence-corrected chi connectivity index (χ1v) is 11.9. The van der Waals surface area contributed by atoms with Crippen molar-refractivity contribution in [3.8, 4) is 28.3 Å². The van der Waals surface area contributed by atoms with E-state index in [-0.39, 0.29) is 20.8 Å². The van der Waals surface area contributed by atoms with Crippen molar-refractivity contribution < 1.29 is 23.7 Å². The van der Waals surface area contributed by atoms with E-state index in [2.05, 4.69) is 44.1 Å². The minimum atomic E-state index is -0.441. The summed E-state index contributed by atoms with van der Waals surface area (Å²) in [5, 5.41) is 2.23. The van der Waals surface area contributed by atoms with Gasteiger partial charge in [-0.3, -0.25) is 0 Å².